The average Bonchev–Trinajstić information content (AvgIpc) is 3.34. The van der Waals surface area contributed by atoms with E-state index >= 15 is 0 Å². The van der Waals surface area contributed by atoms with Crippen molar-refractivity contribution >= 4 is 5.82 Å². The molecule has 1 aliphatic heterocycles. The summed E-state index contributed by atoms with van der Waals surface area (Å²) in [7, 11) is 1.69. The van der Waals surface area contributed by atoms with Gasteiger partial charge in [0.25, 0.3) is 5.56 Å². The number of aromatic amines is 1. The lowest BCUT2D eigenvalue weighted by atomic mass is 10.1. The van der Waals surface area contributed by atoms with Crippen LogP contribution in [-0.2, 0) is 6.42 Å². The molecular weight excluding hydrogens is 390 g/mol. The fourth-order valence-electron chi connectivity index (χ4n) is 4.00. The van der Waals surface area contributed by atoms with Crippen molar-refractivity contribution in [2.24, 2.45) is 0 Å². The van der Waals surface area contributed by atoms with Crippen LogP contribution in [0.1, 0.15) is 37.1 Å². The maximum absolute atomic E-state index is 11.8. The monoisotopic (exact) mass is 419 g/mol. The zero-order valence-corrected chi connectivity index (χ0v) is 18.1. The number of anilines is 1. The van der Waals surface area contributed by atoms with Crippen LogP contribution in [0, 0.1) is 0 Å². The highest BCUT2D eigenvalue weighted by Gasteiger charge is 2.23. The SMILES string of the molecule is CCc1cc(=O)[nH]c(-c2ccc(NCC(c3ccc(OC)cc3)N3CCCC3)nc2)n1. The Morgan fingerprint density at radius 1 is 1.16 bits per heavy atom. The van der Waals surface area contributed by atoms with Crippen molar-refractivity contribution < 1.29 is 4.74 Å². The number of H-pyrrole nitrogens is 1. The van der Waals surface area contributed by atoms with Gasteiger partial charge in [0.15, 0.2) is 0 Å². The number of methoxy groups -OCH3 is 1. The van der Waals surface area contributed by atoms with Crippen molar-refractivity contribution in [3.05, 3.63) is 70.3 Å². The zero-order valence-electron chi connectivity index (χ0n) is 18.1. The van der Waals surface area contributed by atoms with Crippen LogP contribution >= 0.6 is 0 Å². The highest BCUT2D eigenvalue weighted by molar-refractivity contribution is 5.56. The molecule has 162 valence electrons. The Hall–Kier alpha value is -3.19. The molecule has 1 aliphatic rings. The van der Waals surface area contributed by atoms with E-state index in [-0.39, 0.29) is 11.6 Å². The fraction of sp³-hybridized carbons (Fsp3) is 0.375. The van der Waals surface area contributed by atoms with E-state index in [4.69, 9.17) is 4.74 Å². The molecule has 0 radical (unpaired) electrons. The Bertz CT molecular complexity index is 1040. The Balaban J connectivity index is 1.48. The Morgan fingerprint density at radius 2 is 1.94 bits per heavy atom. The molecule has 4 rings (SSSR count). The van der Waals surface area contributed by atoms with Gasteiger partial charge < -0.3 is 15.0 Å². The first-order chi connectivity index (χ1) is 15.2. The minimum Gasteiger partial charge on any atom is -0.497 e. The molecule has 1 fully saturated rings. The fourth-order valence-corrected chi connectivity index (χ4v) is 4.00. The largest absolute Gasteiger partial charge is 0.497 e. The molecule has 2 aromatic heterocycles. The second-order valence-electron chi connectivity index (χ2n) is 7.78. The third-order valence-electron chi connectivity index (χ3n) is 5.75. The molecule has 0 aliphatic carbocycles. The van der Waals surface area contributed by atoms with Crippen LogP contribution in [0.2, 0.25) is 0 Å². The molecule has 1 atom stereocenters. The third-order valence-corrected chi connectivity index (χ3v) is 5.75. The summed E-state index contributed by atoms with van der Waals surface area (Å²) in [6.45, 7) is 4.96. The van der Waals surface area contributed by atoms with E-state index in [1.165, 1.54) is 24.5 Å². The Labute approximate surface area is 182 Å². The second-order valence-corrected chi connectivity index (χ2v) is 7.78. The highest BCUT2D eigenvalue weighted by Crippen LogP contribution is 2.27. The quantitative estimate of drug-likeness (QED) is 0.580. The Morgan fingerprint density at radius 3 is 2.58 bits per heavy atom. The van der Waals surface area contributed by atoms with E-state index < -0.39 is 0 Å². The third kappa shape index (κ3) is 5.11. The molecule has 2 N–H and O–H groups in total. The predicted molar refractivity (Wildman–Crippen MR) is 122 cm³/mol. The normalized spacial score (nSPS) is 15.0. The first-order valence-electron chi connectivity index (χ1n) is 10.8. The first kappa shape index (κ1) is 21.1. The van der Waals surface area contributed by atoms with E-state index in [0.29, 0.717) is 12.2 Å². The number of pyridine rings is 1. The van der Waals surface area contributed by atoms with Gasteiger partial charge in [0.05, 0.1) is 13.2 Å². The van der Waals surface area contributed by atoms with Crippen LogP contribution in [-0.4, -0.2) is 46.6 Å². The van der Waals surface area contributed by atoms with Crippen molar-refractivity contribution in [3.63, 3.8) is 0 Å². The van der Waals surface area contributed by atoms with Gasteiger partial charge in [0.1, 0.15) is 17.4 Å². The molecule has 1 saturated heterocycles. The van der Waals surface area contributed by atoms with Gasteiger partial charge in [0.2, 0.25) is 0 Å². The molecule has 0 amide bonds. The number of aromatic nitrogens is 3. The summed E-state index contributed by atoms with van der Waals surface area (Å²) in [5.41, 5.74) is 2.69. The number of nitrogens with zero attached hydrogens (tertiary/aromatic N) is 3. The van der Waals surface area contributed by atoms with Gasteiger partial charge in [-0.25, -0.2) is 9.97 Å². The van der Waals surface area contributed by atoms with Gasteiger partial charge in [-0.2, -0.15) is 0 Å². The average molecular weight is 420 g/mol. The highest BCUT2D eigenvalue weighted by atomic mass is 16.5. The summed E-state index contributed by atoms with van der Waals surface area (Å²) in [6.07, 6.45) is 4.94. The van der Waals surface area contributed by atoms with E-state index in [0.717, 1.165) is 42.5 Å². The number of hydrogen-bond donors (Lipinski definition) is 2. The van der Waals surface area contributed by atoms with Gasteiger partial charge in [-0.1, -0.05) is 19.1 Å². The number of hydrogen-bond acceptors (Lipinski definition) is 6. The smallest absolute Gasteiger partial charge is 0.251 e. The number of aryl methyl sites for hydroxylation is 1. The van der Waals surface area contributed by atoms with E-state index in [1.54, 1.807) is 13.3 Å². The molecule has 31 heavy (non-hydrogen) atoms. The van der Waals surface area contributed by atoms with Crippen LogP contribution in [0.5, 0.6) is 5.75 Å². The molecule has 1 aromatic carbocycles. The van der Waals surface area contributed by atoms with Crippen molar-refractivity contribution in [3.8, 4) is 17.1 Å². The predicted octanol–water partition coefficient (Wildman–Crippen LogP) is 3.65. The molecule has 7 heteroatoms. The van der Waals surface area contributed by atoms with Crippen molar-refractivity contribution in [2.75, 3.05) is 32.1 Å². The van der Waals surface area contributed by atoms with Crippen LogP contribution in [0.3, 0.4) is 0 Å². The lowest BCUT2D eigenvalue weighted by molar-refractivity contribution is 0.255. The van der Waals surface area contributed by atoms with Crippen molar-refractivity contribution in [1.82, 2.24) is 19.9 Å². The van der Waals surface area contributed by atoms with Crippen molar-refractivity contribution in [1.29, 1.82) is 0 Å². The van der Waals surface area contributed by atoms with Gasteiger partial charge in [-0.3, -0.25) is 9.69 Å². The number of likely N-dealkylation sites (tertiary alicyclic amines) is 1. The Kier molecular flexibility index (Phi) is 6.62. The molecule has 0 saturated carbocycles. The van der Waals surface area contributed by atoms with Gasteiger partial charge in [-0.15, -0.1) is 0 Å². The summed E-state index contributed by atoms with van der Waals surface area (Å²) in [6, 6.07) is 14.0. The van der Waals surface area contributed by atoms with Gasteiger partial charge in [-0.05, 0) is 62.2 Å². The number of ether oxygens (including phenoxy) is 1. The van der Waals surface area contributed by atoms with Gasteiger partial charge in [0, 0.05) is 30.1 Å². The topological polar surface area (TPSA) is 83.1 Å². The minimum absolute atomic E-state index is 0.142. The molecule has 3 heterocycles. The van der Waals surface area contributed by atoms with Crippen molar-refractivity contribution in [2.45, 2.75) is 32.2 Å². The summed E-state index contributed by atoms with van der Waals surface area (Å²) in [4.78, 5) is 26.2. The first-order valence-corrected chi connectivity index (χ1v) is 10.8. The molecular formula is C24H29N5O2. The number of nitrogens with one attached hydrogen (secondary N) is 2. The van der Waals surface area contributed by atoms with E-state index in [2.05, 4.69) is 37.3 Å². The van der Waals surface area contributed by atoms with Crippen LogP contribution in [0.4, 0.5) is 5.82 Å². The summed E-state index contributed by atoms with van der Waals surface area (Å²) < 4.78 is 5.31. The second kappa shape index (κ2) is 9.75. The molecule has 0 bridgehead atoms. The van der Waals surface area contributed by atoms with Gasteiger partial charge >= 0.3 is 0 Å². The maximum Gasteiger partial charge on any atom is 0.251 e. The number of benzene rings is 1. The number of rotatable bonds is 8. The summed E-state index contributed by atoms with van der Waals surface area (Å²) in [5, 5.41) is 3.48. The molecule has 1 unspecified atom stereocenters. The van der Waals surface area contributed by atoms with Crippen LogP contribution in [0.15, 0.2) is 53.5 Å². The molecule has 0 spiro atoms. The van der Waals surface area contributed by atoms with E-state index in [9.17, 15) is 4.79 Å². The lowest BCUT2D eigenvalue weighted by Gasteiger charge is -2.28. The summed E-state index contributed by atoms with van der Waals surface area (Å²) >= 11 is 0. The standard InChI is InChI=1S/C24H29N5O2/c1-3-19-14-23(30)28-24(27-19)18-8-11-22(25-15-18)26-16-21(29-12-4-5-13-29)17-6-9-20(31-2)10-7-17/h6-11,14-15,21H,3-5,12-13,16H2,1-2H3,(H,25,26)(H,27,28,30). The zero-order chi connectivity index (χ0) is 21.6. The van der Waals surface area contributed by atoms with Crippen LogP contribution in [0.25, 0.3) is 11.4 Å². The summed E-state index contributed by atoms with van der Waals surface area (Å²) in [5.74, 6) is 2.22. The van der Waals surface area contributed by atoms with E-state index in [1.807, 2.05) is 31.2 Å². The minimum atomic E-state index is -0.142. The van der Waals surface area contributed by atoms with Crippen LogP contribution < -0.4 is 15.6 Å². The maximum atomic E-state index is 11.8. The molecule has 3 aromatic rings. The lowest BCUT2D eigenvalue weighted by Crippen LogP contribution is -2.31. The molecule has 7 nitrogen and oxygen atoms in total.